The number of rotatable bonds is 2. The van der Waals surface area contributed by atoms with Gasteiger partial charge in [0.2, 0.25) is 0 Å². The molecule has 0 bridgehead atoms. The summed E-state index contributed by atoms with van der Waals surface area (Å²) in [5.41, 5.74) is 1.07. The van der Waals surface area contributed by atoms with Crippen molar-refractivity contribution in [3.8, 4) is 0 Å². The predicted octanol–water partition coefficient (Wildman–Crippen LogP) is 3.22. The lowest BCUT2D eigenvalue weighted by Crippen LogP contribution is -2.13. The molecule has 1 radical (unpaired) electrons. The Morgan fingerprint density at radius 3 is 2.18 bits per heavy atom. The Kier molecular flexibility index (Phi) is 3.25. The second-order valence-corrected chi connectivity index (χ2v) is 11.3. The van der Waals surface area contributed by atoms with E-state index in [1.807, 2.05) is 24.3 Å². The molecule has 4 heteroatoms. The van der Waals surface area contributed by atoms with Crippen molar-refractivity contribution in [1.82, 2.24) is 0 Å². The molecule has 0 heterocycles. The van der Waals surface area contributed by atoms with E-state index in [4.69, 9.17) is 33.2 Å². The van der Waals surface area contributed by atoms with E-state index in [0.29, 0.717) is 6.04 Å². The summed E-state index contributed by atoms with van der Waals surface area (Å²) in [5, 5.41) is 0. The van der Waals surface area contributed by atoms with E-state index in [0.717, 1.165) is 5.56 Å². The normalized spacial score (nSPS) is 11.5. The quantitative estimate of drug-likeness (QED) is 0.535. The summed E-state index contributed by atoms with van der Waals surface area (Å²) >= 11 is 17.2. The van der Waals surface area contributed by atoms with Crippen LogP contribution < -0.4 is 0 Å². The Bertz CT molecular complexity index is 217. The van der Waals surface area contributed by atoms with Crippen LogP contribution in [0.5, 0.6) is 0 Å². The first-order valence-corrected chi connectivity index (χ1v) is 8.34. The summed E-state index contributed by atoms with van der Waals surface area (Å²) in [6.07, 6.45) is 0. The SMILES string of the molecule is Cl[Si](Cl)(Cl)Cc1cc[c]cc1. The van der Waals surface area contributed by atoms with Crippen molar-refractivity contribution in [3.63, 3.8) is 0 Å². The second-order valence-electron chi connectivity index (χ2n) is 2.20. The van der Waals surface area contributed by atoms with Crippen LogP contribution in [0.15, 0.2) is 24.3 Å². The summed E-state index contributed by atoms with van der Waals surface area (Å²) in [6, 6.07) is 8.45. The summed E-state index contributed by atoms with van der Waals surface area (Å²) in [5.74, 6) is 0. The molecule has 0 aliphatic heterocycles. The van der Waals surface area contributed by atoms with E-state index in [-0.39, 0.29) is 0 Å². The zero-order chi connectivity index (χ0) is 8.32. The van der Waals surface area contributed by atoms with E-state index in [1.54, 1.807) is 0 Å². The van der Waals surface area contributed by atoms with E-state index < -0.39 is 6.00 Å². The summed E-state index contributed by atoms with van der Waals surface area (Å²) in [7, 11) is 0. The molecule has 0 amide bonds. The van der Waals surface area contributed by atoms with Crippen LogP contribution in [0.2, 0.25) is 0 Å². The predicted molar refractivity (Wildman–Crippen MR) is 52.3 cm³/mol. The summed E-state index contributed by atoms with van der Waals surface area (Å²) in [4.78, 5) is 0. The molecule has 0 aromatic heterocycles. The van der Waals surface area contributed by atoms with Gasteiger partial charge in [-0.05, 0) is 11.6 Å². The molecule has 0 spiro atoms. The Hall–Kier alpha value is 0.307. The van der Waals surface area contributed by atoms with E-state index in [1.165, 1.54) is 0 Å². The number of hydrogen-bond acceptors (Lipinski definition) is 0. The van der Waals surface area contributed by atoms with Crippen molar-refractivity contribution in [2.75, 3.05) is 0 Å². The van der Waals surface area contributed by atoms with Gasteiger partial charge >= 0.3 is 6.00 Å². The molecular formula is C7H6Cl3Si. The molecule has 0 unspecified atom stereocenters. The molecule has 1 aromatic carbocycles. The first-order chi connectivity index (χ1) is 5.08. The average Bonchev–Trinajstić information content (AvgIpc) is 1.85. The van der Waals surface area contributed by atoms with Gasteiger partial charge in [-0.15, -0.1) is 33.2 Å². The monoisotopic (exact) mass is 223 g/mol. The highest BCUT2D eigenvalue weighted by molar-refractivity contribution is 7.64. The Labute approximate surface area is 81.2 Å². The fourth-order valence-corrected chi connectivity index (χ4v) is 2.86. The van der Waals surface area contributed by atoms with Gasteiger partial charge < -0.3 is 0 Å². The maximum atomic E-state index is 5.73. The summed E-state index contributed by atoms with van der Waals surface area (Å²) < 4.78 is 0. The number of hydrogen-bond donors (Lipinski definition) is 0. The molecule has 0 saturated carbocycles. The Morgan fingerprint density at radius 1 is 1.18 bits per heavy atom. The molecule has 0 aliphatic carbocycles. The first-order valence-electron chi connectivity index (χ1n) is 3.10. The van der Waals surface area contributed by atoms with Crippen LogP contribution in [0.3, 0.4) is 0 Å². The smallest absolute Gasteiger partial charge is 0.126 e. The maximum absolute atomic E-state index is 5.73. The molecule has 0 fully saturated rings. The third-order valence-corrected chi connectivity index (χ3v) is 3.20. The van der Waals surface area contributed by atoms with Gasteiger partial charge in [0.1, 0.15) is 0 Å². The van der Waals surface area contributed by atoms with Gasteiger partial charge in [0, 0.05) is 6.04 Å². The highest BCUT2D eigenvalue weighted by Crippen LogP contribution is 2.24. The van der Waals surface area contributed by atoms with Crippen LogP contribution in [-0.4, -0.2) is 6.00 Å². The van der Waals surface area contributed by atoms with Gasteiger partial charge in [0.25, 0.3) is 0 Å². The van der Waals surface area contributed by atoms with Crippen molar-refractivity contribution < 1.29 is 0 Å². The van der Waals surface area contributed by atoms with Crippen LogP contribution in [0, 0.1) is 6.07 Å². The molecule has 1 rings (SSSR count). The minimum atomic E-state index is -2.50. The number of halogens is 3. The fraction of sp³-hybridized carbons (Fsp3) is 0.143. The lowest BCUT2D eigenvalue weighted by Gasteiger charge is -2.06. The van der Waals surface area contributed by atoms with Crippen LogP contribution in [0.4, 0.5) is 0 Å². The van der Waals surface area contributed by atoms with Gasteiger partial charge in [-0.1, -0.05) is 24.3 Å². The van der Waals surface area contributed by atoms with Crippen molar-refractivity contribution in [2.24, 2.45) is 0 Å². The molecular weight excluding hydrogens is 219 g/mol. The maximum Gasteiger partial charge on any atom is 0.345 e. The van der Waals surface area contributed by atoms with Crippen molar-refractivity contribution in [3.05, 3.63) is 35.9 Å². The largest absolute Gasteiger partial charge is 0.345 e. The molecule has 1 aromatic rings. The molecule has 0 aliphatic rings. The molecule has 0 saturated heterocycles. The third kappa shape index (κ3) is 4.02. The van der Waals surface area contributed by atoms with Crippen LogP contribution in [0.25, 0.3) is 0 Å². The van der Waals surface area contributed by atoms with Crippen molar-refractivity contribution >= 4 is 39.2 Å². The second kappa shape index (κ2) is 3.81. The minimum absolute atomic E-state index is 0.576. The fourth-order valence-electron chi connectivity index (χ4n) is 0.771. The highest BCUT2D eigenvalue weighted by atomic mass is 35.8. The Morgan fingerprint density at radius 2 is 1.73 bits per heavy atom. The van der Waals surface area contributed by atoms with Gasteiger partial charge in [0.15, 0.2) is 0 Å². The van der Waals surface area contributed by atoms with E-state index >= 15 is 0 Å². The van der Waals surface area contributed by atoms with Crippen LogP contribution in [0.1, 0.15) is 5.56 Å². The average molecular weight is 225 g/mol. The highest BCUT2D eigenvalue weighted by Gasteiger charge is 2.24. The van der Waals surface area contributed by atoms with Crippen molar-refractivity contribution in [2.45, 2.75) is 6.04 Å². The molecule has 0 nitrogen and oxygen atoms in total. The molecule has 59 valence electrons. The lowest BCUT2D eigenvalue weighted by atomic mass is 10.2. The van der Waals surface area contributed by atoms with Crippen LogP contribution in [-0.2, 0) is 6.04 Å². The standard InChI is InChI=1S/C7H6Cl3Si/c8-11(9,10)6-7-4-2-1-3-5-7/h2-5H,6H2. The van der Waals surface area contributed by atoms with Gasteiger partial charge in [-0.2, -0.15) is 0 Å². The van der Waals surface area contributed by atoms with Crippen molar-refractivity contribution in [1.29, 1.82) is 0 Å². The van der Waals surface area contributed by atoms with Gasteiger partial charge in [0.05, 0.1) is 0 Å². The summed E-state index contributed by atoms with van der Waals surface area (Å²) in [6.45, 7) is 0. The zero-order valence-electron chi connectivity index (χ0n) is 5.65. The van der Waals surface area contributed by atoms with E-state index in [2.05, 4.69) is 6.07 Å². The Balaban J connectivity index is 2.66. The number of benzene rings is 1. The lowest BCUT2D eigenvalue weighted by molar-refractivity contribution is 1.38. The minimum Gasteiger partial charge on any atom is -0.126 e. The molecule has 0 N–H and O–H groups in total. The van der Waals surface area contributed by atoms with Gasteiger partial charge in [-0.3, -0.25) is 0 Å². The topological polar surface area (TPSA) is 0 Å². The zero-order valence-corrected chi connectivity index (χ0v) is 8.92. The van der Waals surface area contributed by atoms with Gasteiger partial charge in [-0.25, -0.2) is 0 Å². The first kappa shape index (κ1) is 9.40. The van der Waals surface area contributed by atoms with E-state index in [9.17, 15) is 0 Å². The van der Waals surface area contributed by atoms with Crippen LogP contribution >= 0.6 is 33.2 Å². The third-order valence-electron chi connectivity index (χ3n) is 1.19. The molecule has 11 heavy (non-hydrogen) atoms. The molecule has 0 atom stereocenters.